The lowest BCUT2D eigenvalue weighted by atomic mass is 9.90. The van der Waals surface area contributed by atoms with Gasteiger partial charge in [-0.25, -0.2) is 0 Å². The Balaban J connectivity index is 0.000000980. The van der Waals surface area contributed by atoms with Gasteiger partial charge in [-0.2, -0.15) is 0 Å². The predicted molar refractivity (Wildman–Crippen MR) is 62.3 cm³/mol. The van der Waals surface area contributed by atoms with Crippen molar-refractivity contribution in [2.75, 3.05) is 0 Å². The van der Waals surface area contributed by atoms with Crippen molar-refractivity contribution in [1.82, 2.24) is 5.32 Å². The molecule has 1 aliphatic rings. The summed E-state index contributed by atoms with van der Waals surface area (Å²) in [7, 11) is 0. The molecule has 0 saturated heterocycles. The van der Waals surface area contributed by atoms with Gasteiger partial charge >= 0.3 is 0 Å². The van der Waals surface area contributed by atoms with Gasteiger partial charge < -0.3 is 5.32 Å². The average molecular weight is 191 g/mol. The van der Waals surface area contributed by atoms with E-state index in [2.05, 4.69) is 43.4 Å². The zero-order valence-corrected chi connectivity index (χ0v) is 8.38. The number of benzene rings is 1. The molecule has 0 radical (unpaired) electrons. The first kappa shape index (κ1) is 11.3. The van der Waals surface area contributed by atoms with E-state index < -0.39 is 0 Å². The second-order valence-corrected chi connectivity index (χ2v) is 4.20. The Hall–Kier alpha value is -0.820. The summed E-state index contributed by atoms with van der Waals surface area (Å²) in [5.41, 5.74) is 3.00. The molecule has 0 fully saturated rings. The van der Waals surface area contributed by atoms with Gasteiger partial charge in [-0.1, -0.05) is 45.5 Å². The third kappa shape index (κ3) is 2.16. The standard InChI is InChI=1S/C12H17N.CH4/c1-9(2)12-7-10-5-3-4-6-11(10)8-13-12;/h3-6,9,12-13H,7-8H2,1-2H3;1H4. The molecule has 1 heteroatoms. The van der Waals surface area contributed by atoms with E-state index >= 15 is 0 Å². The lowest BCUT2D eigenvalue weighted by molar-refractivity contribution is 0.377. The first-order chi connectivity index (χ1) is 6.27. The Kier molecular flexibility index (Phi) is 3.70. The van der Waals surface area contributed by atoms with E-state index in [9.17, 15) is 0 Å². The molecule has 78 valence electrons. The van der Waals surface area contributed by atoms with E-state index in [0.29, 0.717) is 6.04 Å². The van der Waals surface area contributed by atoms with Crippen LogP contribution in [0.3, 0.4) is 0 Å². The second-order valence-electron chi connectivity index (χ2n) is 4.20. The zero-order chi connectivity index (χ0) is 9.26. The summed E-state index contributed by atoms with van der Waals surface area (Å²) in [6.45, 7) is 5.61. The van der Waals surface area contributed by atoms with Crippen molar-refractivity contribution in [1.29, 1.82) is 0 Å². The van der Waals surface area contributed by atoms with E-state index in [0.717, 1.165) is 12.5 Å². The summed E-state index contributed by atoms with van der Waals surface area (Å²) >= 11 is 0. The molecule has 1 atom stereocenters. The van der Waals surface area contributed by atoms with E-state index in [-0.39, 0.29) is 7.43 Å². The number of nitrogens with one attached hydrogen (secondary N) is 1. The van der Waals surface area contributed by atoms with Crippen LogP contribution < -0.4 is 5.32 Å². The molecule has 0 saturated carbocycles. The molecule has 0 aliphatic carbocycles. The minimum Gasteiger partial charge on any atom is -0.309 e. The van der Waals surface area contributed by atoms with Gasteiger partial charge in [0.15, 0.2) is 0 Å². The van der Waals surface area contributed by atoms with Crippen LogP contribution in [0.4, 0.5) is 0 Å². The third-order valence-electron chi connectivity index (χ3n) is 2.92. The fourth-order valence-electron chi connectivity index (χ4n) is 1.95. The fraction of sp³-hybridized carbons (Fsp3) is 0.538. The van der Waals surface area contributed by atoms with Gasteiger partial charge in [0, 0.05) is 12.6 Å². The maximum absolute atomic E-state index is 3.57. The Labute approximate surface area is 87.5 Å². The summed E-state index contributed by atoms with van der Waals surface area (Å²) in [6, 6.07) is 9.40. The normalized spacial score (nSPS) is 20.1. The number of rotatable bonds is 1. The van der Waals surface area contributed by atoms with E-state index in [1.54, 1.807) is 0 Å². The van der Waals surface area contributed by atoms with Crippen molar-refractivity contribution in [3.63, 3.8) is 0 Å². The van der Waals surface area contributed by atoms with Crippen LogP contribution in [0.25, 0.3) is 0 Å². The second kappa shape index (κ2) is 4.61. The average Bonchev–Trinajstić information content (AvgIpc) is 2.17. The fourth-order valence-corrected chi connectivity index (χ4v) is 1.95. The summed E-state index contributed by atoms with van der Waals surface area (Å²) < 4.78 is 0. The number of hydrogen-bond donors (Lipinski definition) is 1. The van der Waals surface area contributed by atoms with Crippen molar-refractivity contribution in [2.24, 2.45) is 5.92 Å². The molecule has 1 nitrogen and oxygen atoms in total. The summed E-state index contributed by atoms with van der Waals surface area (Å²) in [6.07, 6.45) is 1.19. The van der Waals surface area contributed by atoms with Crippen LogP contribution in [-0.4, -0.2) is 6.04 Å². The molecule has 1 aliphatic heterocycles. The smallest absolute Gasteiger partial charge is 0.0211 e. The zero-order valence-electron chi connectivity index (χ0n) is 8.38. The van der Waals surface area contributed by atoms with Crippen molar-refractivity contribution < 1.29 is 0 Å². The van der Waals surface area contributed by atoms with E-state index in [4.69, 9.17) is 0 Å². The molecular weight excluding hydrogens is 170 g/mol. The molecule has 1 unspecified atom stereocenters. The maximum Gasteiger partial charge on any atom is 0.0211 e. The van der Waals surface area contributed by atoms with Gasteiger partial charge in [-0.15, -0.1) is 0 Å². The lowest BCUT2D eigenvalue weighted by Gasteiger charge is -2.28. The van der Waals surface area contributed by atoms with Gasteiger partial charge in [0.05, 0.1) is 0 Å². The molecule has 1 N–H and O–H groups in total. The minimum atomic E-state index is 0. The van der Waals surface area contributed by atoms with Crippen LogP contribution in [-0.2, 0) is 13.0 Å². The Morgan fingerprint density at radius 3 is 2.50 bits per heavy atom. The van der Waals surface area contributed by atoms with E-state index in [1.165, 1.54) is 17.5 Å². The van der Waals surface area contributed by atoms with Crippen molar-refractivity contribution in [3.8, 4) is 0 Å². The first-order valence-electron chi connectivity index (χ1n) is 5.07. The van der Waals surface area contributed by atoms with Crippen molar-refractivity contribution in [3.05, 3.63) is 35.4 Å². The summed E-state index contributed by atoms with van der Waals surface area (Å²) in [5, 5.41) is 3.57. The van der Waals surface area contributed by atoms with E-state index in [1.807, 2.05) is 0 Å². The summed E-state index contributed by atoms with van der Waals surface area (Å²) in [5.74, 6) is 0.730. The van der Waals surface area contributed by atoms with Gasteiger partial charge in [0.2, 0.25) is 0 Å². The molecule has 0 bridgehead atoms. The van der Waals surface area contributed by atoms with Crippen molar-refractivity contribution in [2.45, 2.75) is 40.3 Å². The van der Waals surface area contributed by atoms with Gasteiger partial charge in [-0.3, -0.25) is 0 Å². The molecule has 1 heterocycles. The van der Waals surface area contributed by atoms with Crippen LogP contribution in [0.2, 0.25) is 0 Å². The molecule has 14 heavy (non-hydrogen) atoms. The van der Waals surface area contributed by atoms with Crippen LogP contribution in [0.5, 0.6) is 0 Å². The molecule has 1 aromatic rings. The first-order valence-corrected chi connectivity index (χ1v) is 5.07. The van der Waals surface area contributed by atoms with Crippen LogP contribution >= 0.6 is 0 Å². The highest BCUT2D eigenvalue weighted by molar-refractivity contribution is 5.29. The predicted octanol–water partition coefficient (Wildman–Crippen LogP) is 2.99. The third-order valence-corrected chi connectivity index (χ3v) is 2.92. The number of fused-ring (bicyclic) bond motifs is 1. The quantitative estimate of drug-likeness (QED) is 0.719. The molecule has 0 spiro atoms. The highest BCUT2D eigenvalue weighted by Crippen LogP contribution is 2.19. The molecule has 2 rings (SSSR count). The van der Waals surface area contributed by atoms with Crippen molar-refractivity contribution >= 4 is 0 Å². The monoisotopic (exact) mass is 191 g/mol. The SMILES string of the molecule is C.CC(C)C1Cc2ccccc2CN1. The molecule has 0 aromatic heterocycles. The van der Waals surface area contributed by atoms with Crippen LogP contribution in [0.15, 0.2) is 24.3 Å². The highest BCUT2D eigenvalue weighted by atomic mass is 14.9. The van der Waals surface area contributed by atoms with Gasteiger partial charge in [-0.05, 0) is 23.5 Å². The Morgan fingerprint density at radius 2 is 1.86 bits per heavy atom. The summed E-state index contributed by atoms with van der Waals surface area (Å²) in [4.78, 5) is 0. The molecule has 1 aromatic carbocycles. The van der Waals surface area contributed by atoms with Gasteiger partial charge in [0.25, 0.3) is 0 Å². The topological polar surface area (TPSA) is 12.0 Å². The van der Waals surface area contributed by atoms with Crippen LogP contribution in [0.1, 0.15) is 32.4 Å². The molecule has 0 amide bonds. The maximum atomic E-state index is 3.57. The van der Waals surface area contributed by atoms with Gasteiger partial charge in [0.1, 0.15) is 0 Å². The highest BCUT2D eigenvalue weighted by Gasteiger charge is 2.19. The molecular formula is C13H21N. The largest absolute Gasteiger partial charge is 0.309 e. The number of hydrogen-bond acceptors (Lipinski definition) is 1. The lowest BCUT2D eigenvalue weighted by Crippen LogP contribution is -2.39. The minimum absolute atomic E-state index is 0. The Morgan fingerprint density at radius 1 is 1.21 bits per heavy atom. The van der Waals surface area contributed by atoms with Crippen LogP contribution in [0, 0.1) is 5.92 Å². The Bertz CT molecular complexity index is 291.